The molecule has 0 aliphatic carbocycles. The van der Waals surface area contributed by atoms with Crippen LogP contribution >= 0.6 is 11.3 Å². The Hall–Kier alpha value is -2.52. The van der Waals surface area contributed by atoms with Crippen LogP contribution in [0.5, 0.6) is 0 Å². The average Bonchev–Trinajstić information content (AvgIpc) is 3.39. The Kier molecular flexibility index (Phi) is 8.36. The third kappa shape index (κ3) is 6.73. The number of amides is 2. The van der Waals surface area contributed by atoms with Crippen LogP contribution < -0.4 is 15.1 Å². The molecule has 0 atom stereocenters. The highest BCUT2D eigenvalue weighted by Gasteiger charge is 2.25. The highest BCUT2D eigenvalue weighted by molar-refractivity contribution is 7.19. The Balaban J connectivity index is 1.39. The van der Waals surface area contributed by atoms with Gasteiger partial charge in [-0.15, -0.1) is 10.2 Å². The second-order valence-electron chi connectivity index (χ2n) is 8.13. The number of anilines is 2. The first-order valence-electron chi connectivity index (χ1n) is 10.8. The van der Waals surface area contributed by atoms with Gasteiger partial charge in [0, 0.05) is 45.7 Å². The van der Waals surface area contributed by atoms with Gasteiger partial charge in [0.25, 0.3) is 0 Å². The molecule has 2 heterocycles. The van der Waals surface area contributed by atoms with E-state index in [1.54, 1.807) is 9.80 Å². The molecule has 1 fully saturated rings. The van der Waals surface area contributed by atoms with E-state index in [4.69, 9.17) is 0 Å². The molecule has 2 amide bonds. The molecular weight excluding hydrogens is 412 g/mol. The summed E-state index contributed by atoms with van der Waals surface area (Å²) in [4.78, 5) is 30.0. The van der Waals surface area contributed by atoms with Crippen molar-refractivity contribution in [2.45, 2.75) is 45.7 Å². The molecular formula is C22H32N6O2S. The van der Waals surface area contributed by atoms with Crippen LogP contribution in [-0.4, -0.2) is 66.2 Å². The quantitative estimate of drug-likeness (QED) is 0.537. The number of nitrogens with one attached hydrogen (secondary N) is 1. The Labute approximate surface area is 188 Å². The lowest BCUT2D eigenvalue weighted by Crippen LogP contribution is -2.37. The van der Waals surface area contributed by atoms with Crippen molar-refractivity contribution in [1.29, 1.82) is 0 Å². The van der Waals surface area contributed by atoms with Crippen molar-refractivity contribution >= 4 is 33.4 Å². The predicted octanol–water partition coefficient (Wildman–Crippen LogP) is 2.52. The summed E-state index contributed by atoms with van der Waals surface area (Å²) < 4.78 is 0. The minimum absolute atomic E-state index is 0.0457. The second-order valence-corrected chi connectivity index (χ2v) is 9.06. The molecule has 31 heavy (non-hydrogen) atoms. The molecule has 168 valence electrons. The fraction of sp³-hybridized carbons (Fsp3) is 0.545. The molecule has 1 saturated heterocycles. The summed E-state index contributed by atoms with van der Waals surface area (Å²) in [5.74, 6) is 0.0430. The van der Waals surface area contributed by atoms with E-state index in [9.17, 15) is 9.59 Å². The fourth-order valence-electron chi connectivity index (χ4n) is 3.51. The van der Waals surface area contributed by atoms with Gasteiger partial charge < -0.3 is 10.2 Å². The zero-order chi connectivity index (χ0) is 22.2. The number of aromatic nitrogens is 2. The van der Waals surface area contributed by atoms with Crippen LogP contribution in [0.25, 0.3) is 0 Å². The molecule has 9 heteroatoms. The van der Waals surface area contributed by atoms with Crippen LogP contribution in [-0.2, 0) is 16.1 Å². The molecule has 8 nitrogen and oxygen atoms in total. The number of hydrogen-bond donors (Lipinski definition) is 1. The van der Waals surface area contributed by atoms with Gasteiger partial charge in [0.15, 0.2) is 0 Å². The summed E-state index contributed by atoms with van der Waals surface area (Å²) in [6.45, 7) is 7.76. The lowest BCUT2D eigenvalue weighted by molar-refractivity contribution is -0.119. The molecule has 0 radical (unpaired) electrons. The van der Waals surface area contributed by atoms with Gasteiger partial charge in [0.2, 0.25) is 22.1 Å². The zero-order valence-corrected chi connectivity index (χ0v) is 19.4. The van der Waals surface area contributed by atoms with Crippen molar-refractivity contribution < 1.29 is 9.59 Å². The lowest BCUT2D eigenvalue weighted by atomic mass is 10.2. The van der Waals surface area contributed by atoms with E-state index in [1.165, 1.54) is 16.9 Å². The number of hydrogen-bond acceptors (Lipinski definition) is 7. The zero-order valence-electron chi connectivity index (χ0n) is 18.6. The van der Waals surface area contributed by atoms with Crippen LogP contribution in [0.15, 0.2) is 30.3 Å². The maximum absolute atomic E-state index is 12.3. The number of benzene rings is 1. The molecule has 1 N–H and O–H groups in total. The number of carbonyl (C=O) groups is 2. The molecule has 1 aromatic carbocycles. The molecule has 1 aliphatic rings. The van der Waals surface area contributed by atoms with Gasteiger partial charge in [-0.1, -0.05) is 41.7 Å². The predicted molar refractivity (Wildman–Crippen MR) is 124 cm³/mol. The first-order valence-corrected chi connectivity index (χ1v) is 11.7. The Morgan fingerprint density at radius 3 is 2.71 bits per heavy atom. The van der Waals surface area contributed by atoms with E-state index in [2.05, 4.69) is 58.5 Å². The maximum Gasteiger partial charge on any atom is 0.239 e. The third-order valence-electron chi connectivity index (χ3n) is 5.32. The summed E-state index contributed by atoms with van der Waals surface area (Å²) in [5.41, 5.74) is 1.30. The smallest absolute Gasteiger partial charge is 0.239 e. The first kappa shape index (κ1) is 23.1. The SMILES string of the molecule is CC(C)N(CCCNC(=O)CN(C)c1nnc(N2CCCC2=O)s1)Cc1ccccc1. The van der Waals surface area contributed by atoms with E-state index in [-0.39, 0.29) is 18.4 Å². The van der Waals surface area contributed by atoms with Crippen molar-refractivity contribution in [3.05, 3.63) is 35.9 Å². The van der Waals surface area contributed by atoms with Gasteiger partial charge in [0.1, 0.15) is 0 Å². The molecule has 0 saturated carbocycles. The van der Waals surface area contributed by atoms with E-state index in [0.29, 0.717) is 35.8 Å². The monoisotopic (exact) mass is 444 g/mol. The van der Waals surface area contributed by atoms with Crippen LogP contribution in [0.4, 0.5) is 10.3 Å². The lowest BCUT2D eigenvalue weighted by Gasteiger charge is -2.26. The molecule has 3 rings (SSSR count). The van der Waals surface area contributed by atoms with Crippen LogP contribution in [0.3, 0.4) is 0 Å². The van der Waals surface area contributed by atoms with Crippen LogP contribution in [0, 0.1) is 0 Å². The van der Waals surface area contributed by atoms with Crippen molar-refractivity contribution in [3.63, 3.8) is 0 Å². The summed E-state index contributed by atoms with van der Waals surface area (Å²) in [6.07, 6.45) is 2.30. The van der Waals surface area contributed by atoms with Crippen LogP contribution in [0.2, 0.25) is 0 Å². The normalized spacial score (nSPS) is 14.0. The molecule has 0 spiro atoms. The highest BCUT2D eigenvalue weighted by Crippen LogP contribution is 2.29. The number of rotatable bonds is 11. The van der Waals surface area contributed by atoms with E-state index in [0.717, 1.165) is 25.9 Å². The first-order chi connectivity index (χ1) is 14.9. The average molecular weight is 445 g/mol. The fourth-order valence-corrected chi connectivity index (χ4v) is 4.36. The Bertz CT molecular complexity index is 857. The number of likely N-dealkylation sites (N-methyl/N-ethyl adjacent to an activating group) is 1. The van der Waals surface area contributed by atoms with E-state index in [1.807, 2.05) is 13.1 Å². The van der Waals surface area contributed by atoms with Crippen molar-refractivity contribution in [2.75, 3.05) is 43.0 Å². The second kappa shape index (κ2) is 11.2. The third-order valence-corrected chi connectivity index (χ3v) is 6.38. The summed E-state index contributed by atoms with van der Waals surface area (Å²) in [5, 5.41) is 12.5. The molecule has 1 aromatic heterocycles. The summed E-state index contributed by atoms with van der Waals surface area (Å²) in [7, 11) is 1.82. The van der Waals surface area contributed by atoms with Gasteiger partial charge in [-0.2, -0.15) is 0 Å². The van der Waals surface area contributed by atoms with Crippen molar-refractivity contribution in [3.8, 4) is 0 Å². The van der Waals surface area contributed by atoms with Gasteiger partial charge in [-0.25, -0.2) is 0 Å². The standard InChI is InChI=1S/C22H32N6O2S/c1-17(2)27(15-18-9-5-4-6-10-18)13-8-12-23-19(29)16-26(3)21-24-25-22(31-21)28-14-7-11-20(28)30/h4-6,9-10,17H,7-8,11-16H2,1-3H3,(H,23,29). The number of carbonyl (C=O) groups excluding carboxylic acids is 2. The molecule has 2 aromatic rings. The van der Waals surface area contributed by atoms with Crippen LogP contribution in [0.1, 0.15) is 38.7 Å². The van der Waals surface area contributed by atoms with Gasteiger partial charge >= 0.3 is 0 Å². The minimum Gasteiger partial charge on any atom is -0.355 e. The summed E-state index contributed by atoms with van der Waals surface area (Å²) in [6, 6.07) is 10.9. The topological polar surface area (TPSA) is 81.7 Å². The van der Waals surface area contributed by atoms with Crippen molar-refractivity contribution in [2.24, 2.45) is 0 Å². The molecule has 1 aliphatic heterocycles. The summed E-state index contributed by atoms with van der Waals surface area (Å²) >= 11 is 1.34. The highest BCUT2D eigenvalue weighted by atomic mass is 32.1. The Morgan fingerprint density at radius 1 is 1.26 bits per heavy atom. The van der Waals surface area contributed by atoms with Crippen molar-refractivity contribution in [1.82, 2.24) is 20.4 Å². The number of nitrogens with zero attached hydrogens (tertiary/aromatic N) is 5. The van der Waals surface area contributed by atoms with Gasteiger partial charge in [-0.3, -0.25) is 19.4 Å². The van der Waals surface area contributed by atoms with E-state index < -0.39 is 0 Å². The minimum atomic E-state index is -0.0457. The van der Waals surface area contributed by atoms with Gasteiger partial charge in [0.05, 0.1) is 6.54 Å². The van der Waals surface area contributed by atoms with E-state index >= 15 is 0 Å². The van der Waals surface area contributed by atoms with Gasteiger partial charge in [-0.05, 0) is 32.3 Å². The maximum atomic E-state index is 12.3. The Morgan fingerprint density at radius 2 is 2.03 bits per heavy atom. The molecule has 0 unspecified atom stereocenters. The molecule has 0 bridgehead atoms. The largest absolute Gasteiger partial charge is 0.355 e.